The summed E-state index contributed by atoms with van der Waals surface area (Å²) in [6, 6.07) is 31.2. The molecule has 5 aromatic rings. The monoisotopic (exact) mass is 404 g/mol. The maximum Gasteiger partial charge on any atom is 0.139 e. The molecule has 0 fully saturated rings. The van der Waals surface area contributed by atoms with E-state index in [9.17, 15) is 0 Å². The first kappa shape index (κ1) is 18.9. The van der Waals surface area contributed by atoms with Crippen LogP contribution in [0.15, 0.2) is 103 Å². The van der Waals surface area contributed by atoms with Gasteiger partial charge in [-0.05, 0) is 47.7 Å². The number of anilines is 3. The zero-order chi connectivity index (χ0) is 21.0. The molecule has 152 valence electrons. The molecule has 1 aromatic heterocycles. The van der Waals surface area contributed by atoms with Crippen molar-refractivity contribution in [3.63, 3.8) is 0 Å². The minimum Gasteiger partial charge on any atom is -0.397 e. The largest absolute Gasteiger partial charge is 0.397 e. The van der Waals surface area contributed by atoms with Gasteiger partial charge in [0.05, 0.1) is 11.4 Å². The van der Waals surface area contributed by atoms with E-state index in [4.69, 9.17) is 5.73 Å². The highest BCUT2D eigenvalue weighted by Crippen LogP contribution is 2.31. The summed E-state index contributed by atoms with van der Waals surface area (Å²) in [5, 5.41) is 5.65. The van der Waals surface area contributed by atoms with Crippen molar-refractivity contribution in [2.45, 2.75) is 13.0 Å². The van der Waals surface area contributed by atoms with Gasteiger partial charge in [-0.15, -0.1) is 0 Å². The Morgan fingerprint density at radius 3 is 2.42 bits per heavy atom. The first-order valence-electron chi connectivity index (χ1n) is 10.5. The molecule has 0 saturated carbocycles. The van der Waals surface area contributed by atoms with Crippen LogP contribution in [-0.2, 0) is 13.0 Å². The second-order valence-electron chi connectivity index (χ2n) is 7.63. The third kappa shape index (κ3) is 4.01. The highest BCUT2D eigenvalue weighted by Gasteiger charge is 2.08. The number of nitrogen functional groups attached to an aromatic ring is 1. The van der Waals surface area contributed by atoms with Gasteiger partial charge in [0.25, 0.3) is 0 Å². The van der Waals surface area contributed by atoms with E-state index in [0.29, 0.717) is 0 Å². The highest BCUT2D eigenvalue weighted by molar-refractivity contribution is 5.99. The van der Waals surface area contributed by atoms with Crippen LogP contribution in [0.4, 0.5) is 17.1 Å². The van der Waals surface area contributed by atoms with E-state index in [1.807, 2.05) is 42.7 Å². The molecule has 4 heteroatoms. The van der Waals surface area contributed by atoms with E-state index < -0.39 is 0 Å². The molecule has 5 rings (SSSR count). The number of nitrogens with zero attached hydrogens (tertiary/aromatic N) is 2. The molecular weight excluding hydrogens is 380 g/mol. The molecule has 0 radical (unpaired) electrons. The fourth-order valence-electron chi connectivity index (χ4n) is 3.91. The molecule has 3 N–H and O–H groups in total. The number of imidazole rings is 1. The standard InChI is InChI=1S/C27H24N4/c28-26-24-9-5-4-8-21(24)12-15-25(26)30-23-13-10-22(11-14-23)27-29-17-19-31(27)18-16-20-6-2-1-3-7-20/h1-15,17,19,30H,16,18,28H2. The van der Waals surface area contributed by atoms with Gasteiger partial charge in [-0.3, -0.25) is 0 Å². The van der Waals surface area contributed by atoms with Gasteiger partial charge in [0.15, 0.2) is 0 Å². The van der Waals surface area contributed by atoms with Crippen LogP contribution in [0, 0.1) is 0 Å². The Hall–Kier alpha value is -4.05. The molecule has 0 atom stereocenters. The van der Waals surface area contributed by atoms with Crippen molar-refractivity contribution in [3.05, 3.63) is 109 Å². The number of benzene rings is 4. The maximum atomic E-state index is 6.40. The molecule has 0 saturated heterocycles. The lowest BCUT2D eigenvalue weighted by atomic mass is 10.1. The van der Waals surface area contributed by atoms with Gasteiger partial charge in [0.2, 0.25) is 0 Å². The van der Waals surface area contributed by atoms with E-state index in [2.05, 4.69) is 75.5 Å². The van der Waals surface area contributed by atoms with Gasteiger partial charge in [0.1, 0.15) is 5.82 Å². The summed E-state index contributed by atoms with van der Waals surface area (Å²) in [7, 11) is 0. The van der Waals surface area contributed by atoms with Crippen LogP contribution in [0.5, 0.6) is 0 Å². The minimum atomic E-state index is 0.763. The van der Waals surface area contributed by atoms with Crippen molar-refractivity contribution in [1.29, 1.82) is 0 Å². The Morgan fingerprint density at radius 2 is 1.58 bits per heavy atom. The van der Waals surface area contributed by atoms with Crippen LogP contribution in [0.25, 0.3) is 22.2 Å². The van der Waals surface area contributed by atoms with Crippen molar-refractivity contribution in [2.24, 2.45) is 0 Å². The normalized spacial score (nSPS) is 11.0. The molecule has 0 bridgehead atoms. The summed E-state index contributed by atoms with van der Waals surface area (Å²) in [4.78, 5) is 4.58. The molecule has 31 heavy (non-hydrogen) atoms. The quantitative estimate of drug-likeness (QED) is 0.328. The number of rotatable bonds is 6. The summed E-state index contributed by atoms with van der Waals surface area (Å²) >= 11 is 0. The Morgan fingerprint density at radius 1 is 0.806 bits per heavy atom. The van der Waals surface area contributed by atoms with Gasteiger partial charge in [-0.2, -0.15) is 0 Å². The number of nitrogens with two attached hydrogens (primary N) is 1. The second-order valence-corrected chi connectivity index (χ2v) is 7.63. The highest BCUT2D eigenvalue weighted by atomic mass is 15.1. The molecule has 0 spiro atoms. The number of nitrogens with one attached hydrogen (secondary N) is 1. The molecule has 0 aliphatic carbocycles. The summed E-state index contributed by atoms with van der Waals surface area (Å²) in [6.07, 6.45) is 4.88. The van der Waals surface area contributed by atoms with Crippen LogP contribution in [-0.4, -0.2) is 9.55 Å². The summed E-state index contributed by atoms with van der Waals surface area (Å²) in [5.41, 5.74) is 11.5. The number of hydrogen-bond donors (Lipinski definition) is 2. The molecule has 0 aliphatic rings. The smallest absolute Gasteiger partial charge is 0.139 e. The Labute approximate surface area is 182 Å². The summed E-state index contributed by atoms with van der Waals surface area (Å²) < 4.78 is 2.21. The van der Waals surface area contributed by atoms with Crippen molar-refractivity contribution >= 4 is 27.8 Å². The lowest BCUT2D eigenvalue weighted by Crippen LogP contribution is -2.02. The van der Waals surface area contributed by atoms with E-state index in [1.165, 1.54) is 5.56 Å². The molecular formula is C27H24N4. The number of hydrogen-bond acceptors (Lipinski definition) is 3. The third-order valence-corrected chi connectivity index (χ3v) is 5.59. The van der Waals surface area contributed by atoms with Crippen LogP contribution >= 0.6 is 0 Å². The van der Waals surface area contributed by atoms with Gasteiger partial charge < -0.3 is 15.6 Å². The van der Waals surface area contributed by atoms with Crippen LogP contribution < -0.4 is 11.1 Å². The minimum absolute atomic E-state index is 0.763. The molecule has 0 aliphatic heterocycles. The molecule has 0 unspecified atom stereocenters. The lowest BCUT2D eigenvalue weighted by Gasteiger charge is -2.13. The first-order chi connectivity index (χ1) is 15.3. The zero-order valence-electron chi connectivity index (χ0n) is 17.2. The van der Waals surface area contributed by atoms with E-state index in [0.717, 1.165) is 52.2 Å². The number of aryl methyl sites for hydroxylation is 2. The number of aromatic nitrogens is 2. The van der Waals surface area contributed by atoms with Crippen molar-refractivity contribution in [1.82, 2.24) is 9.55 Å². The molecule has 4 aromatic carbocycles. The van der Waals surface area contributed by atoms with Gasteiger partial charge >= 0.3 is 0 Å². The average Bonchev–Trinajstić information content (AvgIpc) is 3.29. The zero-order valence-corrected chi connectivity index (χ0v) is 17.2. The third-order valence-electron chi connectivity index (χ3n) is 5.59. The maximum absolute atomic E-state index is 6.40. The Bertz CT molecular complexity index is 1300. The van der Waals surface area contributed by atoms with E-state index >= 15 is 0 Å². The predicted molar refractivity (Wildman–Crippen MR) is 129 cm³/mol. The van der Waals surface area contributed by atoms with Crippen LogP contribution in [0.2, 0.25) is 0 Å². The van der Waals surface area contributed by atoms with Crippen molar-refractivity contribution < 1.29 is 0 Å². The summed E-state index contributed by atoms with van der Waals surface area (Å²) in [6.45, 7) is 0.896. The molecule has 0 amide bonds. The number of fused-ring (bicyclic) bond motifs is 1. The molecule has 1 heterocycles. The lowest BCUT2D eigenvalue weighted by molar-refractivity contribution is 0.703. The SMILES string of the molecule is Nc1c(Nc2ccc(-c3nccn3CCc3ccccc3)cc2)ccc2ccccc12. The van der Waals surface area contributed by atoms with Gasteiger partial charge in [-0.1, -0.05) is 60.7 Å². The first-order valence-corrected chi connectivity index (χ1v) is 10.5. The second kappa shape index (κ2) is 8.36. The van der Waals surface area contributed by atoms with Crippen LogP contribution in [0.1, 0.15) is 5.56 Å². The van der Waals surface area contributed by atoms with Crippen LogP contribution in [0.3, 0.4) is 0 Å². The van der Waals surface area contributed by atoms with E-state index in [-0.39, 0.29) is 0 Å². The Kier molecular flexibility index (Phi) is 5.11. The fourth-order valence-corrected chi connectivity index (χ4v) is 3.91. The predicted octanol–water partition coefficient (Wildman–Crippen LogP) is 6.27. The molecule has 4 nitrogen and oxygen atoms in total. The van der Waals surface area contributed by atoms with Crippen molar-refractivity contribution in [2.75, 3.05) is 11.1 Å². The van der Waals surface area contributed by atoms with Gasteiger partial charge in [-0.25, -0.2) is 4.98 Å². The van der Waals surface area contributed by atoms with E-state index in [1.54, 1.807) is 0 Å². The van der Waals surface area contributed by atoms with Gasteiger partial charge in [0, 0.05) is 35.6 Å². The summed E-state index contributed by atoms with van der Waals surface area (Å²) in [5.74, 6) is 0.979. The van der Waals surface area contributed by atoms with Crippen molar-refractivity contribution in [3.8, 4) is 11.4 Å². The average molecular weight is 405 g/mol. The topological polar surface area (TPSA) is 55.9 Å². The fraction of sp³-hybridized carbons (Fsp3) is 0.0741. The Balaban J connectivity index is 1.33.